The van der Waals surface area contributed by atoms with Gasteiger partial charge in [-0.25, -0.2) is 4.68 Å². The lowest BCUT2D eigenvalue weighted by Crippen LogP contribution is -2.41. The number of fused-ring (bicyclic) bond motifs is 1. The third-order valence-electron chi connectivity index (χ3n) is 4.49. The fraction of sp³-hybridized carbons (Fsp3) is 0.529. The Morgan fingerprint density at radius 3 is 2.77 bits per heavy atom. The predicted molar refractivity (Wildman–Crippen MR) is 86.8 cm³/mol. The summed E-state index contributed by atoms with van der Waals surface area (Å²) in [5.41, 5.74) is -0.135. The van der Waals surface area contributed by atoms with Gasteiger partial charge in [0.25, 0.3) is 5.56 Å². The molecule has 1 aliphatic heterocycles. The Kier molecular flexibility index (Phi) is 4.55. The molecule has 2 heterocycles. The van der Waals surface area contributed by atoms with Crippen molar-refractivity contribution in [2.75, 3.05) is 19.6 Å². The minimum Gasteiger partial charge on any atom is -0.390 e. The molecule has 0 amide bonds. The second kappa shape index (κ2) is 6.58. The van der Waals surface area contributed by atoms with Crippen molar-refractivity contribution in [2.45, 2.75) is 32.4 Å². The second-order valence-electron chi connectivity index (χ2n) is 6.36. The number of likely N-dealkylation sites (tertiary alicyclic amines) is 1. The molecule has 0 aliphatic carbocycles. The Balaban J connectivity index is 1.67. The van der Waals surface area contributed by atoms with Crippen molar-refractivity contribution >= 4 is 10.8 Å². The maximum Gasteiger partial charge on any atom is 0.274 e. The summed E-state index contributed by atoms with van der Waals surface area (Å²) in [4.78, 5) is 14.6. The smallest absolute Gasteiger partial charge is 0.274 e. The molecule has 0 spiro atoms. The second-order valence-corrected chi connectivity index (χ2v) is 6.36. The van der Waals surface area contributed by atoms with E-state index in [4.69, 9.17) is 0 Å². The molecular weight excluding hydrogens is 278 g/mol. The van der Waals surface area contributed by atoms with Gasteiger partial charge in [0, 0.05) is 11.9 Å². The standard InChI is InChI=1S/C17H23N3O2/c1-13-6-8-19(9-7-13)11-15(21)12-20-17(22)16-5-3-2-4-14(16)10-18-20/h2-5,10,13,15,21H,6-9,11-12H2,1H3/t15-/m0/s1. The van der Waals surface area contributed by atoms with Crippen molar-refractivity contribution < 1.29 is 5.11 Å². The fourth-order valence-electron chi connectivity index (χ4n) is 3.06. The number of nitrogens with zero attached hydrogens (tertiary/aromatic N) is 3. The molecule has 1 fully saturated rings. The van der Waals surface area contributed by atoms with Crippen LogP contribution in [0.15, 0.2) is 35.3 Å². The number of hydrogen-bond acceptors (Lipinski definition) is 4. The summed E-state index contributed by atoms with van der Waals surface area (Å²) in [7, 11) is 0. The number of aliphatic hydroxyl groups excluding tert-OH is 1. The third-order valence-corrected chi connectivity index (χ3v) is 4.49. The van der Waals surface area contributed by atoms with Crippen LogP contribution in [0.5, 0.6) is 0 Å². The molecule has 1 atom stereocenters. The molecule has 1 aromatic heterocycles. The first kappa shape index (κ1) is 15.2. The van der Waals surface area contributed by atoms with Crippen LogP contribution in [0.4, 0.5) is 0 Å². The fourth-order valence-corrected chi connectivity index (χ4v) is 3.06. The van der Waals surface area contributed by atoms with E-state index < -0.39 is 6.10 Å². The number of piperidine rings is 1. The van der Waals surface area contributed by atoms with Crippen LogP contribution >= 0.6 is 0 Å². The Morgan fingerprint density at radius 1 is 1.27 bits per heavy atom. The first-order chi connectivity index (χ1) is 10.6. The van der Waals surface area contributed by atoms with Gasteiger partial charge in [0.05, 0.1) is 24.2 Å². The van der Waals surface area contributed by atoms with Gasteiger partial charge in [-0.05, 0) is 37.9 Å². The van der Waals surface area contributed by atoms with Gasteiger partial charge >= 0.3 is 0 Å². The van der Waals surface area contributed by atoms with Crippen molar-refractivity contribution in [3.05, 3.63) is 40.8 Å². The average Bonchev–Trinajstić information content (AvgIpc) is 2.53. The minimum absolute atomic E-state index is 0.135. The molecule has 0 radical (unpaired) electrons. The molecular formula is C17H23N3O2. The van der Waals surface area contributed by atoms with E-state index in [1.54, 1.807) is 12.3 Å². The largest absolute Gasteiger partial charge is 0.390 e. The Bertz CT molecular complexity index is 690. The van der Waals surface area contributed by atoms with E-state index in [9.17, 15) is 9.90 Å². The molecule has 1 saturated heterocycles. The summed E-state index contributed by atoms with van der Waals surface area (Å²) in [6.45, 7) is 5.17. The molecule has 1 aliphatic rings. The summed E-state index contributed by atoms with van der Waals surface area (Å²) in [6.07, 6.45) is 3.48. The van der Waals surface area contributed by atoms with Gasteiger partial charge in [-0.15, -0.1) is 0 Å². The van der Waals surface area contributed by atoms with E-state index in [0.29, 0.717) is 11.9 Å². The number of aromatic nitrogens is 2. The molecule has 3 rings (SSSR count). The number of benzene rings is 1. The van der Waals surface area contributed by atoms with Crippen LogP contribution in [0.2, 0.25) is 0 Å². The SMILES string of the molecule is CC1CCN(C[C@H](O)Cn2ncc3ccccc3c2=O)CC1. The summed E-state index contributed by atoms with van der Waals surface area (Å²) >= 11 is 0. The van der Waals surface area contributed by atoms with Crippen LogP contribution in [-0.2, 0) is 6.54 Å². The lowest BCUT2D eigenvalue weighted by molar-refractivity contribution is 0.0768. The zero-order chi connectivity index (χ0) is 15.5. The zero-order valence-corrected chi connectivity index (χ0v) is 13.0. The van der Waals surface area contributed by atoms with Crippen molar-refractivity contribution in [3.8, 4) is 0 Å². The van der Waals surface area contributed by atoms with E-state index in [2.05, 4.69) is 16.9 Å². The summed E-state index contributed by atoms with van der Waals surface area (Å²) in [5.74, 6) is 0.776. The normalized spacial score (nSPS) is 18.6. The molecule has 22 heavy (non-hydrogen) atoms. The van der Waals surface area contributed by atoms with Gasteiger partial charge in [0.15, 0.2) is 0 Å². The maximum absolute atomic E-state index is 12.4. The first-order valence-corrected chi connectivity index (χ1v) is 7.99. The van der Waals surface area contributed by atoms with Crippen LogP contribution in [0.25, 0.3) is 10.8 Å². The van der Waals surface area contributed by atoms with Crippen LogP contribution in [0.1, 0.15) is 19.8 Å². The Hall–Kier alpha value is -1.72. The van der Waals surface area contributed by atoms with Crippen LogP contribution < -0.4 is 5.56 Å². The molecule has 1 N–H and O–H groups in total. The van der Waals surface area contributed by atoms with Crippen LogP contribution in [-0.4, -0.2) is 45.5 Å². The van der Waals surface area contributed by atoms with E-state index in [0.717, 1.165) is 24.4 Å². The van der Waals surface area contributed by atoms with Gasteiger partial charge in [-0.2, -0.15) is 5.10 Å². The summed E-state index contributed by atoms with van der Waals surface area (Å²) < 4.78 is 1.37. The maximum atomic E-state index is 12.4. The van der Waals surface area contributed by atoms with Gasteiger partial charge in [0.1, 0.15) is 0 Å². The lowest BCUT2D eigenvalue weighted by atomic mass is 9.99. The van der Waals surface area contributed by atoms with Crippen LogP contribution in [0.3, 0.4) is 0 Å². The Morgan fingerprint density at radius 2 is 2.00 bits per heavy atom. The highest BCUT2D eigenvalue weighted by Gasteiger charge is 2.19. The quantitative estimate of drug-likeness (QED) is 0.929. The zero-order valence-electron chi connectivity index (χ0n) is 13.0. The molecule has 2 aromatic rings. The van der Waals surface area contributed by atoms with Crippen molar-refractivity contribution in [1.29, 1.82) is 0 Å². The number of aliphatic hydroxyl groups is 1. The van der Waals surface area contributed by atoms with Gasteiger partial charge in [0.2, 0.25) is 0 Å². The van der Waals surface area contributed by atoms with Crippen LogP contribution in [0, 0.1) is 5.92 Å². The average molecular weight is 301 g/mol. The van der Waals surface area contributed by atoms with E-state index in [-0.39, 0.29) is 12.1 Å². The van der Waals surface area contributed by atoms with Crippen molar-refractivity contribution in [1.82, 2.24) is 14.7 Å². The van der Waals surface area contributed by atoms with E-state index >= 15 is 0 Å². The molecule has 5 heteroatoms. The van der Waals surface area contributed by atoms with Gasteiger partial charge in [-0.3, -0.25) is 4.79 Å². The number of rotatable bonds is 4. The first-order valence-electron chi connectivity index (χ1n) is 7.99. The minimum atomic E-state index is -0.570. The molecule has 5 nitrogen and oxygen atoms in total. The third kappa shape index (κ3) is 3.36. The molecule has 0 bridgehead atoms. The highest BCUT2D eigenvalue weighted by molar-refractivity contribution is 5.80. The summed E-state index contributed by atoms with van der Waals surface area (Å²) in [6, 6.07) is 7.41. The predicted octanol–water partition coefficient (Wildman–Crippen LogP) is 1.49. The topological polar surface area (TPSA) is 58.4 Å². The summed E-state index contributed by atoms with van der Waals surface area (Å²) in [5, 5.41) is 15.9. The van der Waals surface area contributed by atoms with E-state index in [1.807, 2.05) is 18.2 Å². The van der Waals surface area contributed by atoms with Crippen molar-refractivity contribution in [2.24, 2.45) is 5.92 Å². The highest BCUT2D eigenvalue weighted by atomic mass is 16.3. The molecule has 0 saturated carbocycles. The van der Waals surface area contributed by atoms with E-state index in [1.165, 1.54) is 17.5 Å². The molecule has 1 aromatic carbocycles. The van der Waals surface area contributed by atoms with Crippen molar-refractivity contribution in [3.63, 3.8) is 0 Å². The molecule has 118 valence electrons. The monoisotopic (exact) mass is 301 g/mol. The van der Waals surface area contributed by atoms with Gasteiger partial charge < -0.3 is 10.0 Å². The lowest BCUT2D eigenvalue weighted by Gasteiger charge is -2.31. The molecule has 0 unspecified atom stereocenters. The Labute approximate surface area is 130 Å². The number of hydrogen-bond donors (Lipinski definition) is 1. The van der Waals surface area contributed by atoms with Gasteiger partial charge in [-0.1, -0.05) is 25.1 Å². The number of β-amino-alcohol motifs (C(OH)–C–C–N with tert-alkyl or cyclic N) is 1. The highest BCUT2D eigenvalue weighted by Crippen LogP contribution is 2.16.